The molecule has 0 aliphatic rings. The minimum absolute atomic E-state index is 0.0194. The SMILES string of the molecule is CC(c1nc2ccccc2s1)N(C)C(=O)c1cccc(S(=O)(=O)NCc2ccco2)c1. The molecule has 4 aromatic rings. The molecule has 0 saturated heterocycles. The second-order valence-electron chi connectivity index (χ2n) is 7.04. The monoisotopic (exact) mass is 455 g/mol. The maximum atomic E-state index is 13.1. The van der Waals surface area contributed by atoms with Crippen molar-refractivity contribution in [2.75, 3.05) is 7.05 Å². The Morgan fingerprint density at radius 3 is 2.71 bits per heavy atom. The number of nitrogens with one attached hydrogen (secondary N) is 1. The smallest absolute Gasteiger partial charge is 0.254 e. The van der Waals surface area contributed by atoms with E-state index in [1.165, 1.54) is 29.7 Å². The molecule has 2 aromatic carbocycles. The largest absolute Gasteiger partial charge is 0.468 e. The molecule has 2 aromatic heterocycles. The van der Waals surface area contributed by atoms with Gasteiger partial charge in [0.1, 0.15) is 10.8 Å². The molecule has 0 spiro atoms. The van der Waals surface area contributed by atoms with Crippen molar-refractivity contribution in [1.29, 1.82) is 0 Å². The number of hydrogen-bond donors (Lipinski definition) is 1. The summed E-state index contributed by atoms with van der Waals surface area (Å²) in [6, 6.07) is 16.9. The van der Waals surface area contributed by atoms with E-state index in [2.05, 4.69) is 9.71 Å². The molecule has 1 amide bonds. The lowest BCUT2D eigenvalue weighted by Crippen LogP contribution is -2.30. The number of para-hydroxylation sites is 1. The molecular formula is C22H21N3O4S2. The molecule has 0 aliphatic carbocycles. The van der Waals surface area contributed by atoms with Gasteiger partial charge in [-0.2, -0.15) is 0 Å². The quantitative estimate of drug-likeness (QED) is 0.451. The number of fused-ring (bicyclic) bond motifs is 1. The van der Waals surface area contributed by atoms with Gasteiger partial charge in [0.25, 0.3) is 5.91 Å². The van der Waals surface area contributed by atoms with Gasteiger partial charge in [-0.15, -0.1) is 11.3 Å². The van der Waals surface area contributed by atoms with Crippen LogP contribution in [0.2, 0.25) is 0 Å². The Kier molecular flexibility index (Phi) is 5.90. The number of carbonyl (C=O) groups is 1. The number of benzene rings is 2. The molecule has 1 N–H and O–H groups in total. The Hall–Kier alpha value is -3.01. The number of hydrogen-bond acceptors (Lipinski definition) is 6. The maximum Gasteiger partial charge on any atom is 0.254 e. The van der Waals surface area contributed by atoms with Crippen LogP contribution in [0.4, 0.5) is 0 Å². The first-order chi connectivity index (χ1) is 14.8. The van der Waals surface area contributed by atoms with Gasteiger partial charge in [-0.3, -0.25) is 4.79 Å². The molecule has 4 rings (SSSR count). The van der Waals surface area contributed by atoms with E-state index in [-0.39, 0.29) is 29.0 Å². The number of rotatable bonds is 7. The molecule has 160 valence electrons. The van der Waals surface area contributed by atoms with Gasteiger partial charge in [0.15, 0.2) is 0 Å². The topological polar surface area (TPSA) is 92.5 Å². The van der Waals surface area contributed by atoms with Crippen LogP contribution in [-0.2, 0) is 16.6 Å². The molecule has 9 heteroatoms. The van der Waals surface area contributed by atoms with Crippen LogP contribution >= 0.6 is 11.3 Å². The molecule has 0 fully saturated rings. The van der Waals surface area contributed by atoms with Gasteiger partial charge in [0, 0.05) is 12.6 Å². The first kappa shape index (κ1) is 21.2. The summed E-state index contributed by atoms with van der Waals surface area (Å²) in [5.41, 5.74) is 1.18. The molecule has 1 atom stereocenters. The van der Waals surface area contributed by atoms with Gasteiger partial charge in [-0.25, -0.2) is 18.1 Å². The molecule has 31 heavy (non-hydrogen) atoms. The van der Waals surface area contributed by atoms with Gasteiger partial charge in [0.05, 0.1) is 34.0 Å². The summed E-state index contributed by atoms with van der Waals surface area (Å²) < 4.78 is 34.0. The highest BCUT2D eigenvalue weighted by molar-refractivity contribution is 7.89. The highest BCUT2D eigenvalue weighted by Crippen LogP contribution is 2.29. The van der Waals surface area contributed by atoms with Crippen molar-refractivity contribution < 1.29 is 17.6 Å². The number of carbonyl (C=O) groups excluding carboxylic acids is 1. The minimum Gasteiger partial charge on any atom is -0.468 e. The van der Waals surface area contributed by atoms with E-state index in [0.29, 0.717) is 5.76 Å². The van der Waals surface area contributed by atoms with Crippen LogP contribution in [0.3, 0.4) is 0 Å². The Balaban J connectivity index is 1.52. The fourth-order valence-electron chi connectivity index (χ4n) is 3.07. The highest BCUT2D eigenvalue weighted by Gasteiger charge is 2.23. The van der Waals surface area contributed by atoms with Crippen LogP contribution in [0.15, 0.2) is 76.2 Å². The van der Waals surface area contributed by atoms with E-state index in [4.69, 9.17) is 4.42 Å². The van der Waals surface area contributed by atoms with E-state index in [1.54, 1.807) is 36.2 Å². The fourth-order valence-corrected chi connectivity index (χ4v) is 5.17. The number of nitrogens with zero attached hydrogens (tertiary/aromatic N) is 2. The van der Waals surface area contributed by atoms with Gasteiger partial charge in [-0.05, 0) is 49.4 Å². The zero-order valence-corrected chi connectivity index (χ0v) is 18.6. The lowest BCUT2D eigenvalue weighted by Gasteiger charge is -2.23. The second-order valence-corrected chi connectivity index (χ2v) is 9.87. The van der Waals surface area contributed by atoms with Crippen LogP contribution < -0.4 is 4.72 Å². The molecule has 0 radical (unpaired) electrons. The van der Waals surface area contributed by atoms with Crippen LogP contribution in [0, 0.1) is 0 Å². The van der Waals surface area contributed by atoms with E-state index in [0.717, 1.165) is 15.2 Å². The number of sulfonamides is 1. The molecular weight excluding hydrogens is 434 g/mol. The zero-order valence-electron chi connectivity index (χ0n) is 17.0. The molecule has 2 heterocycles. The van der Waals surface area contributed by atoms with Gasteiger partial charge in [-0.1, -0.05) is 18.2 Å². The van der Waals surface area contributed by atoms with Crippen LogP contribution in [0.5, 0.6) is 0 Å². The Bertz CT molecular complexity index is 1280. The van der Waals surface area contributed by atoms with E-state index in [9.17, 15) is 13.2 Å². The molecule has 0 bridgehead atoms. The molecule has 7 nitrogen and oxygen atoms in total. The second kappa shape index (κ2) is 8.62. The normalized spacial score (nSPS) is 12.7. The molecule has 0 saturated carbocycles. The predicted molar refractivity (Wildman–Crippen MR) is 119 cm³/mol. The number of aromatic nitrogens is 1. The van der Waals surface area contributed by atoms with Crippen molar-refractivity contribution in [1.82, 2.24) is 14.6 Å². The summed E-state index contributed by atoms with van der Waals surface area (Å²) in [5, 5.41) is 0.820. The minimum atomic E-state index is -3.80. The summed E-state index contributed by atoms with van der Waals surface area (Å²) >= 11 is 1.54. The van der Waals surface area contributed by atoms with Gasteiger partial charge >= 0.3 is 0 Å². The van der Waals surface area contributed by atoms with Crippen molar-refractivity contribution in [3.8, 4) is 0 Å². The van der Waals surface area contributed by atoms with Crippen LogP contribution in [-0.4, -0.2) is 31.3 Å². The van der Waals surface area contributed by atoms with Gasteiger partial charge < -0.3 is 9.32 Å². The lowest BCUT2D eigenvalue weighted by molar-refractivity contribution is 0.0742. The summed E-state index contributed by atoms with van der Waals surface area (Å²) in [6.07, 6.45) is 1.48. The van der Waals surface area contributed by atoms with Gasteiger partial charge in [0.2, 0.25) is 10.0 Å². The third kappa shape index (κ3) is 4.53. The first-order valence-electron chi connectivity index (χ1n) is 9.60. The van der Waals surface area contributed by atoms with E-state index >= 15 is 0 Å². The van der Waals surface area contributed by atoms with Crippen LogP contribution in [0.25, 0.3) is 10.2 Å². The molecule has 1 unspecified atom stereocenters. The Morgan fingerprint density at radius 1 is 1.16 bits per heavy atom. The van der Waals surface area contributed by atoms with Crippen molar-refractivity contribution in [3.05, 3.63) is 83.3 Å². The van der Waals surface area contributed by atoms with Crippen molar-refractivity contribution in [3.63, 3.8) is 0 Å². The van der Waals surface area contributed by atoms with Crippen molar-refractivity contribution in [2.45, 2.75) is 24.4 Å². The number of amides is 1. The third-order valence-electron chi connectivity index (χ3n) is 4.98. The average Bonchev–Trinajstić information content (AvgIpc) is 3.46. The Labute approximate surface area is 184 Å². The summed E-state index contributed by atoms with van der Waals surface area (Å²) in [7, 11) is -2.11. The number of thiazole rings is 1. The summed E-state index contributed by atoms with van der Waals surface area (Å²) in [5.74, 6) is 0.218. The standard InChI is InChI=1S/C22H21N3O4S2/c1-15(21-24-19-10-3-4-11-20(19)30-21)25(2)22(26)16-7-5-9-18(13-16)31(27,28)23-14-17-8-6-12-29-17/h3-13,15,23H,14H2,1-2H3. The lowest BCUT2D eigenvalue weighted by atomic mass is 10.2. The van der Waals surface area contributed by atoms with Crippen LogP contribution in [0.1, 0.15) is 34.1 Å². The highest BCUT2D eigenvalue weighted by atomic mass is 32.2. The molecule has 0 aliphatic heterocycles. The van der Waals surface area contributed by atoms with E-state index in [1.807, 2.05) is 31.2 Å². The average molecular weight is 456 g/mol. The Morgan fingerprint density at radius 2 is 1.97 bits per heavy atom. The fraction of sp³-hybridized carbons (Fsp3) is 0.182. The maximum absolute atomic E-state index is 13.1. The number of furan rings is 1. The van der Waals surface area contributed by atoms with Crippen molar-refractivity contribution >= 4 is 37.5 Å². The summed E-state index contributed by atoms with van der Waals surface area (Å²) in [6.45, 7) is 1.93. The van der Waals surface area contributed by atoms with Crippen molar-refractivity contribution in [2.24, 2.45) is 0 Å². The predicted octanol–water partition coefficient (Wildman–Crippen LogP) is 4.20. The zero-order chi connectivity index (χ0) is 22.0. The van der Waals surface area contributed by atoms with E-state index < -0.39 is 10.0 Å². The third-order valence-corrected chi connectivity index (χ3v) is 7.58. The summed E-state index contributed by atoms with van der Waals surface area (Å²) in [4.78, 5) is 19.3. The first-order valence-corrected chi connectivity index (χ1v) is 11.9.